The van der Waals surface area contributed by atoms with E-state index in [2.05, 4.69) is 15.9 Å². The third-order valence-corrected chi connectivity index (χ3v) is 6.21. The van der Waals surface area contributed by atoms with E-state index in [1.165, 1.54) is 11.4 Å². The fourth-order valence-corrected chi connectivity index (χ4v) is 4.79. The molecule has 0 aliphatic heterocycles. The van der Waals surface area contributed by atoms with Crippen LogP contribution < -0.4 is 4.72 Å². The van der Waals surface area contributed by atoms with E-state index in [1.54, 1.807) is 0 Å². The molecule has 19 heavy (non-hydrogen) atoms. The minimum Gasteiger partial charge on any atom is -0.481 e. The van der Waals surface area contributed by atoms with E-state index < -0.39 is 34.4 Å². The molecular formula is C9H10BrNO6S2. The molecule has 106 valence electrons. The van der Waals surface area contributed by atoms with Crippen LogP contribution in [0, 0.1) is 0 Å². The maximum Gasteiger partial charge on any atom is 0.321 e. The third-order valence-electron chi connectivity index (χ3n) is 2.07. The van der Waals surface area contributed by atoms with Crippen LogP contribution in [0.4, 0.5) is 0 Å². The molecule has 0 amide bonds. The van der Waals surface area contributed by atoms with Crippen molar-refractivity contribution in [2.45, 2.75) is 23.1 Å². The van der Waals surface area contributed by atoms with Gasteiger partial charge >= 0.3 is 11.9 Å². The highest BCUT2D eigenvalue weighted by Crippen LogP contribution is 2.27. The zero-order valence-electron chi connectivity index (χ0n) is 9.37. The van der Waals surface area contributed by atoms with Crippen molar-refractivity contribution in [1.29, 1.82) is 0 Å². The van der Waals surface area contributed by atoms with Crippen molar-refractivity contribution >= 4 is 49.2 Å². The number of carboxylic acid groups (broad SMARTS) is 2. The Morgan fingerprint density at radius 2 is 2.05 bits per heavy atom. The second-order valence-corrected chi connectivity index (χ2v) is 7.18. The normalized spacial score (nSPS) is 13.1. The van der Waals surface area contributed by atoms with Gasteiger partial charge in [-0.1, -0.05) is 0 Å². The molecule has 0 spiro atoms. The van der Waals surface area contributed by atoms with Crippen LogP contribution in [-0.4, -0.2) is 36.6 Å². The number of aliphatic carboxylic acids is 2. The molecule has 3 N–H and O–H groups in total. The number of carboxylic acids is 2. The second kappa shape index (κ2) is 6.46. The van der Waals surface area contributed by atoms with Gasteiger partial charge in [-0.05, 0) is 33.8 Å². The Balaban J connectivity index is 2.87. The van der Waals surface area contributed by atoms with E-state index in [1.807, 2.05) is 4.72 Å². The molecule has 0 radical (unpaired) electrons. The number of sulfonamides is 1. The Morgan fingerprint density at radius 3 is 2.47 bits per heavy atom. The third kappa shape index (κ3) is 4.56. The topological polar surface area (TPSA) is 121 Å². The minimum absolute atomic E-state index is 0.0472. The molecule has 0 aromatic carbocycles. The predicted molar refractivity (Wildman–Crippen MR) is 70.6 cm³/mol. The molecule has 0 aliphatic carbocycles. The second-order valence-electron chi connectivity index (χ2n) is 3.50. The van der Waals surface area contributed by atoms with Crippen LogP contribution in [0.1, 0.15) is 12.8 Å². The molecule has 1 heterocycles. The molecular weight excluding hydrogens is 362 g/mol. The average Bonchev–Trinajstić information content (AvgIpc) is 2.70. The fourth-order valence-electron chi connectivity index (χ4n) is 1.21. The lowest BCUT2D eigenvalue weighted by Gasteiger charge is -2.13. The van der Waals surface area contributed by atoms with Crippen molar-refractivity contribution in [1.82, 2.24) is 4.72 Å². The number of hydrogen-bond acceptors (Lipinski definition) is 5. The van der Waals surface area contributed by atoms with Crippen LogP contribution in [0.15, 0.2) is 20.1 Å². The molecule has 0 saturated heterocycles. The van der Waals surface area contributed by atoms with Gasteiger partial charge in [0, 0.05) is 10.9 Å². The smallest absolute Gasteiger partial charge is 0.321 e. The van der Waals surface area contributed by atoms with Crippen molar-refractivity contribution in [3.63, 3.8) is 0 Å². The Bertz CT molecular complexity index is 581. The van der Waals surface area contributed by atoms with Crippen molar-refractivity contribution in [3.05, 3.63) is 15.9 Å². The molecule has 0 bridgehead atoms. The first-order chi connectivity index (χ1) is 8.74. The van der Waals surface area contributed by atoms with Gasteiger partial charge < -0.3 is 10.2 Å². The molecule has 0 fully saturated rings. The zero-order chi connectivity index (χ0) is 14.6. The van der Waals surface area contributed by atoms with Gasteiger partial charge in [-0.2, -0.15) is 4.72 Å². The highest BCUT2D eigenvalue weighted by Gasteiger charge is 2.27. The lowest BCUT2D eigenvalue weighted by molar-refractivity contribution is -0.140. The van der Waals surface area contributed by atoms with Gasteiger partial charge in [0.1, 0.15) is 10.3 Å². The Morgan fingerprint density at radius 1 is 1.42 bits per heavy atom. The molecule has 1 atom stereocenters. The number of hydrogen-bond donors (Lipinski definition) is 3. The number of thiophene rings is 1. The van der Waals surface area contributed by atoms with Crippen LogP contribution in [0.3, 0.4) is 0 Å². The maximum atomic E-state index is 11.9. The molecule has 7 nitrogen and oxygen atoms in total. The number of halogens is 1. The van der Waals surface area contributed by atoms with E-state index in [9.17, 15) is 18.0 Å². The summed E-state index contributed by atoms with van der Waals surface area (Å²) in [5.74, 6) is -2.61. The highest BCUT2D eigenvalue weighted by molar-refractivity contribution is 9.10. The summed E-state index contributed by atoms with van der Waals surface area (Å²) in [5, 5.41) is 18.9. The molecule has 1 aromatic heterocycles. The van der Waals surface area contributed by atoms with Gasteiger partial charge in [0.05, 0.1) is 0 Å². The minimum atomic E-state index is -3.99. The summed E-state index contributed by atoms with van der Waals surface area (Å²) in [6.45, 7) is 0. The molecule has 1 aromatic rings. The molecule has 10 heteroatoms. The maximum absolute atomic E-state index is 11.9. The number of carbonyl (C=O) groups is 2. The van der Waals surface area contributed by atoms with Crippen LogP contribution in [0.5, 0.6) is 0 Å². The van der Waals surface area contributed by atoms with Gasteiger partial charge in [0.25, 0.3) is 10.0 Å². The SMILES string of the molecule is O=C(O)CC[C@@H](NS(=O)(=O)c1sccc1Br)C(=O)O. The standard InChI is InChI=1S/C9H10BrNO6S2/c10-5-3-4-18-9(5)19(16,17)11-6(8(14)15)1-2-7(12)13/h3-4,6,11H,1-2H2,(H,12,13)(H,14,15)/t6-/m1/s1. The summed E-state index contributed by atoms with van der Waals surface area (Å²) in [4.78, 5) is 21.3. The molecule has 0 saturated carbocycles. The van der Waals surface area contributed by atoms with Crippen LogP contribution in [0.2, 0.25) is 0 Å². The Kier molecular flexibility index (Phi) is 5.47. The largest absolute Gasteiger partial charge is 0.481 e. The van der Waals surface area contributed by atoms with Crippen LogP contribution in [-0.2, 0) is 19.6 Å². The first-order valence-corrected chi connectivity index (χ1v) is 8.09. The number of rotatable bonds is 7. The Hall–Kier alpha value is -0.970. The van der Waals surface area contributed by atoms with Gasteiger partial charge in [-0.15, -0.1) is 11.3 Å². The molecule has 1 rings (SSSR count). The average molecular weight is 372 g/mol. The molecule has 0 unspecified atom stereocenters. The summed E-state index contributed by atoms with van der Waals surface area (Å²) in [6.07, 6.45) is -0.766. The lowest BCUT2D eigenvalue weighted by Crippen LogP contribution is -2.40. The van der Waals surface area contributed by atoms with Crippen molar-refractivity contribution in [3.8, 4) is 0 Å². The Labute approximate surface area is 121 Å². The van der Waals surface area contributed by atoms with Gasteiger partial charge in [-0.25, -0.2) is 8.42 Å². The highest BCUT2D eigenvalue weighted by atomic mass is 79.9. The van der Waals surface area contributed by atoms with Crippen molar-refractivity contribution in [2.24, 2.45) is 0 Å². The lowest BCUT2D eigenvalue weighted by atomic mass is 10.2. The fraction of sp³-hybridized carbons (Fsp3) is 0.333. The van der Waals surface area contributed by atoms with Crippen molar-refractivity contribution < 1.29 is 28.2 Å². The summed E-state index contributed by atoms with van der Waals surface area (Å²) >= 11 is 3.97. The summed E-state index contributed by atoms with van der Waals surface area (Å²) in [6, 6.07) is 0.0433. The van der Waals surface area contributed by atoms with E-state index >= 15 is 0 Å². The zero-order valence-corrected chi connectivity index (χ0v) is 12.6. The van der Waals surface area contributed by atoms with E-state index in [4.69, 9.17) is 10.2 Å². The van der Waals surface area contributed by atoms with Gasteiger partial charge in [0.15, 0.2) is 0 Å². The first kappa shape index (κ1) is 16.1. The van der Waals surface area contributed by atoms with Gasteiger partial charge in [0.2, 0.25) is 0 Å². The summed E-state index contributed by atoms with van der Waals surface area (Å²) < 4.78 is 26.1. The molecule has 0 aliphatic rings. The quantitative estimate of drug-likeness (QED) is 0.659. The van der Waals surface area contributed by atoms with Crippen molar-refractivity contribution in [2.75, 3.05) is 0 Å². The van der Waals surface area contributed by atoms with Crippen LogP contribution >= 0.6 is 27.3 Å². The first-order valence-electron chi connectivity index (χ1n) is 4.94. The summed E-state index contributed by atoms with van der Waals surface area (Å²) in [7, 11) is -3.99. The van der Waals surface area contributed by atoms with Gasteiger partial charge in [-0.3, -0.25) is 9.59 Å². The predicted octanol–water partition coefficient (Wildman–Crippen LogP) is 1.11. The monoisotopic (exact) mass is 371 g/mol. The summed E-state index contributed by atoms with van der Waals surface area (Å²) in [5.41, 5.74) is 0. The van der Waals surface area contributed by atoms with Crippen LogP contribution in [0.25, 0.3) is 0 Å². The van der Waals surface area contributed by atoms with E-state index in [-0.39, 0.29) is 10.6 Å². The van der Waals surface area contributed by atoms with E-state index in [0.717, 1.165) is 11.3 Å². The van der Waals surface area contributed by atoms with E-state index in [0.29, 0.717) is 4.47 Å². The number of nitrogens with one attached hydrogen (secondary N) is 1.